The van der Waals surface area contributed by atoms with Crippen LogP contribution < -0.4 is 0 Å². The Morgan fingerprint density at radius 2 is 2.04 bits per heavy atom. The van der Waals surface area contributed by atoms with E-state index in [1.807, 2.05) is 0 Å². The Morgan fingerprint density at radius 1 is 1.38 bits per heavy atom. The summed E-state index contributed by atoms with van der Waals surface area (Å²) in [5.74, 6) is -0.863. The number of aliphatic carboxylic acids is 1. The van der Waals surface area contributed by atoms with Crippen LogP contribution in [0.3, 0.4) is 0 Å². The second-order valence-corrected chi connectivity index (χ2v) is 8.89. The third-order valence-corrected chi connectivity index (χ3v) is 7.29. The van der Waals surface area contributed by atoms with Gasteiger partial charge in [0.05, 0.1) is 17.5 Å². The van der Waals surface area contributed by atoms with Crippen LogP contribution in [-0.4, -0.2) is 58.3 Å². The minimum absolute atomic E-state index is 0.101. The minimum atomic E-state index is -3.86. The van der Waals surface area contributed by atoms with Crippen LogP contribution >= 0.6 is 0 Å². The predicted octanol–water partition coefficient (Wildman–Crippen LogP) is 0.653. The van der Waals surface area contributed by atoms with Crippen LogP contribution in [0.4, 0.5) is 0 Å². The van der Waals surface area contributed by atoms with E-state index in [1.165, 1.54) is 4.31 Å². The first-order valence-electron chi connectivity index (χ1n) is 8.11. The predicted molar refractivity (Wildman–Crippen MR) is 84.9 cm³/mol. The van der Waals surface area contributed by atoms with Gasteiger partial charge in [-0.3, -0.25) is 9.89 Å². The molecule has 0 spiro atoms. The zero-order valence-corrected chi connectivity index (χ0v) is 14.6. The second-order valence-electron chi connectivity index (χ2n) is 7.01. The molecule has 9 heteroatoms. The maximum atomic E-state index is 13.0. The van der Waals surface area contributed by atoms with Crippen molar-refractivity contribution in [1.82, 2.24) is 14.5 Å². The Kier molecular flexibility index (Phi) is 4.21. The average molecular weight is 357 g/mol. The van der Waals surface area contributed by atoms with E-state index >= 15 is 0 Å². The first kappa shape index (κ1) is 17.4. The van der Waals surface area contributed by atoms with Gasteiger partial charge in [-0.25, -0.2) is 8.42 Å². The zero-order chi connectivity index (χ0) is 17.7. The molecule has 2 aliphatic rings. The number of carboxylic acids is 1. The van der Waals surface area contributed by atoms with E-state index in [2.05, 4.69) is 10.2 Å². The fraction of sp³-hybridized carbons (Fsp3) is 0.733. The van der Waals surface area contributed by atoms with Crippen molar-refractivity contribution in [3.8, 4) is 0 Å². The smallest absolute Gasteiger partial charge is 0.313 e. The summed E-state index contributed by atoms with van der Waals surface area (Å²) >= 11 is 0. The standard InChI is InChI=1S/C15H23N3O5S/c1-9-13(10(2)17-16-9)24(22,23)18-6-5-12(19)15(8-18,14(20)21)7-11-3-4-11/h11-12,19H,3-8H2,1-2H3,(H,16,17)(H,20,21)/t12-,15+/m0/s1. The Morgan fingerprint density at radius 3 is 2.54 bits per heavy atom. The number of carbonyl (C=O) groups is 1. The molecule has 24 heavy (non-hydrogen) atoms. The van der Waals surface area contributed by atoms with Gasteiger partial charge in [0, 0.05) is 13.1 Å². The van der Waals surface area contributed by atoms with Gasteiger partial charge in [0.25, 0.3) is 0 Å². The number of hydrogen-bond acceptors (Lipinski definition) is 5. The lowest BCUT2D eigenvalue weighted by Gasteiger charge is -2.42. The number of aromatic nitrogens is 2. The number of hydrogen-bond donors (Lipinski definition) is 3. The molecule has 1 aliphatic heterocycles. The van der Waals surface area contributed by atoms with Crippen LogP contribution in [0.25, 0.3) is 0 Å². The molecule has 134 valence electrons. The number of aliphatic hydroxyl groups excluding tert-OH is 1. The minimum Gasteiger partial charge on any atom is -0.481 e. The van der Waals surface area contributed by atoms with Crippen molar-refractivity contribution in [2.24, 2.45) is 11.3 Å². The number of sulfonamides is 1. The van der Waals surface area contributed by atoms with Crippen LogP contribution in [0.2, 0.25) is 0 Å². The summed E-state index contributed by atoms with van der Waals surface area (Å²) in [4.78, 5) is 12.0. The Balaban J connectivity index is 1.96. The molecular formula is C15H23N3O5S. The SMILES string of the molecule is Cc1n[nH]c(C)c1S(=O)(=O)N1CC[C@H](O)[C@](CC2CC2)(C(=O)O)C1. The summed E-state index contributed by atoms with van der Waals surface area (Å²) < 4.78 is 27.2. The first-order chi connectivity index (χ1) is 11.2. The molecule has 1 saturated carbocycles. The number of aryl methyl sites for hydroxylation is 2. The molecule has 2 heterocycles. The fourth-order valence-electron chi connectivity index (χ4n) is 3.63. The monoisotopic (exact) mass is 357 g/mol. The maximum absolute atomic E-state index is 13.0. The summed E-state index contributed by atoms with van der Waals surface area (Å²) in [6.07, 6.45) is 1.28. The summed E-state index contributed by atoms with van der Waals surface area (Å²) in [6, 6.07) is 0. The van der Waals surface area contributed by atoms with E-state index in [1.54, 1.807) is 13.8 Å². The van der Waals surface area contributed by atoms with E-state index in [9.17, 15) is 23.4 Å². The number of nitrogens with one attached hydrogen (secondary N) is 1. The molecule has 1 aromatic rings. The molecule has 3 N–H and O–H groups in total. The second kappa shape index (κ2) is 5.82. The highest BCUT2D eigenvalue weighted by Gasteiger charge is 2.53. The number of carboxylic acid groups (broad SMARTS) is 1. The Labute approximate surface area is 140 Å². The molecular weight excluding hydrogens is 334 g/mol. The highest BCUT2D eigenvalue weighted by molar-refractivity contribution is 7.89. The lowest BCUT2D eigenvalue weighted by atomic mass is 9.74. The number of H-pyrrole nitrogens is 1. The molecule has 0 radical (unpaired) electrons. The quantitative estimate of drug-likeness (QED) is 0.711. The van der Waals surface area contributed by atoms with Gasteiger partial charge in [0.1, 0.15) is 10.3 Å². The molecule has 1 aliphatic carbocycles. The van der Waals surface area contributed by atoms with Gasteiger partial charge in [0.15, 0.2) is 0 Å². The van der Waals surface area contributed by atoms with E-state index in [-0.39, 0.29) is 30.3 Å². The first-order valence-corrected chi connectivity index (χ1v) is 9.55. The van der Waals surface area contributed by atoms with Gasteiger partial charge >= 0.3 is 5.97 Å². The number of rotatable bonds is 5. The summed E-state index contributed by atoms with van der Waals surface area (Å²) in [5.41, 5.74) is -0.638. The van der Waals surface area contributed by atoms with Gasteiger partial charge in [-0.1, -0.05) is 12.8 Å². The topological polar surface area (TPSA) is 124 Å². The molecule has 2 atom stereocenters. The largest absolute Gasteiger partial charge is 0.481 e. The number of aliphatic hydroxyl groups is 1. The molecule has 3 rings (SSSR count). The lowest BCUT2D eigenvalue weighted by Crippen LogP contribution is -2.57. The molecule has 0 unspecified atom stereocenters. The van der Waals surface area contributed by atoms with E-state index in [0.717, 1.165) is 12.8 Å². The number of piperidine rings is 1. The molecule has 1 saturated heterocycles. The van der Waals surface area contributed by atoms with Crippen LogP contribution in [-0.2, 0) is 14.8 Å². The van der Waals surface area contributed by atoms with Crippen molar-refractivity contribution in [3.05, 3.63) is 11.4 Å². The van der Waals surface area contributed by atoms with Gasteiger partial charge < -0.3 is 10.2 Å². The highest BCUT2D eigenvalue weighted by atomic mass is 32.2. The summed E-state index contributed by atoms with van der Waals surface area (Å²) in [7, 11) is -3.86. The third kappa shape index (κ3) is 2.74. The van der Waals surface area contributed by atoms with Crippen molar-refractivity contribution < 1.29 is 23.4 Å². The average Bonchev–Trinajstić information content (AvgIpc) is 3.24. The van der Waals surface area contributed by atoms with Crippen LogP contribution in [0, 0.1) is 25.2 Å². The molecule has 2 fully saturated rings. The molecule has 1 aromatic heterocycles. The summed E-state index contributed by atoms with van der Waals surface area (Å²) in [6.45, 7) is 3.13. The van der Waals surface area contributed by atoms with Crippen molar-refractivity contribution in [2.45, 2.75) is 50.5 Å². The number of nitrogens with zero attached hydrogens (tertiary/aromatic N) is 2. The molecule has 8 nitrogen and oxygen atoms in total. The van der Waals surface area contributed by atoms with Gasteiger partial charge in [-0.05, 0) is 32.6 Å². The van der Waals surface area contributed by atoms with Crippen LogP contribution in [0.5, 0.6) is 0 Å². The van der Waals surface area contributed by atoms with E-state index in [4.69, 9.17) is 0 Å². The van der Waals surface area contributed by atoms with Crippen molar-refractivity contribution in [2.75, 3.05) is 13.1 Å². The Bertz CT molecular complexity index is 736. The fourth-order valence-corrected chi connectivity index (χ4v) is 5.49. The van der Waals surface area contributed by atoms with E-state index < -0.39 is 27.5 Å². The van der Waals surface area contributed by atoms with Crippen LogP contribution in [0.1, 0.15) is 37.1 Å². The normalized spacial score (nSPS) is 28.9. The lowest BCUT2D eigenvalue weighted by molar-refractivity contribution is -0.162. The Hall–Kier alpha value is -1.45. The molecule has 0 aromatic carbocycles. The van der Waals surface area contributed by atoms with Crippen molar-refractivity contribution >= 4 is 16.0 Å². The zero-order valence-electron chi connectivity index (χ0n) is 13.8. The maximum Gasteiger partial charge on any atom is 0.313 e. The van der Waals surface area contributed by atoms with Gasteiger partial charge in [0.2, 0.25) is 10.0 Å². The third-order valence-electron chi connectivity index (χ3n) is 5.18. The van der Waals surface area contributed by atoms with Crippen molar-refractivity contribution in [1.29, 1.82) is 0 Å². The van der Waals surface area contributed by atoms with Crippen molar-refractivity contribution in [3.63, 3.8) is 0 Å². The molecule has 0 bridgehead atoms. The summed E-state index contributed by atoms with van der Waals surface area (Å²) in [5, 5.41) is 26.7. The van der Waals surface area contributed by atoms with E-state index in [0.29, 0.717) is 17.8 Å². The number of aromatic amines is 1. The molecule has 0 amide bonds. The van der Waals surface area contributed by atoms with Crippen LogP contribution in [0.15, 0.2) is 4.90 Å². The highest BCUT2D eigenvalue weighted by Crippen LogP contribution is 2.46. The van der Waals surface area contributed by atoms with Gasteiger partial charge in [-0.2, -0.15) is 9.40 Å². The van der Waals surface area contributed by atoms with Gasteiger partial charge in [-0.15, -0.1) is 0 Å².